The molecule has 0 saturated heterocycles. The van der Waals surface area contributed by atoms with Crippen LogP contribution in [0.2, 0.25) is 0 Å². The molecule has 0 bridgehead atoms. The lowest BCUT2D eigenvalue weighted by Crippen LogP contribution is -2.33. The molecule has 0 aromatic heterocycles. The van der Waals surface area contributed by atoms with E-state index in [-0.39, 0.29) is 0 Å². The minimum atomic E-state index is -0.446. The number of benzene rings is 1. The van der Waals surface area contributed by atoms with Crippen molar-refractivity contribution in [3.05, 3.63) is 35.4 Å². The van der Waals surface area contributed by atoms with Gasteiger partial charge in [-0.2, -0.15) is 0 Å². The molecule has 19 heavy (non-hydrogen) atoms. The monoisotopic (exact) mass is 264 g/mol. The second-order valence-electron chi connectivity index (χ2n) is 4.49. The maximum Gasteiger partial charge on any atom is 0.312 e. The number of carbonyl (C=O) groups is 1. The second kappa shape index (κ2) is 10.4. The van der Waals surface area contributed by atoms with E-state index in [0.29, 0.717) is 12.5 Å². The van der Waals surface area contributed by atoms with E-state index >= 15 is 0 Å². The number of aryl methyl sites for hydroxylation is 1. The van der Waals surface area contributed by atoms with Gasteiger partial charge in [0.25, 0.3) is 0 Å². The fourth-order valence-electron chi connectivity index (χ4n) is 1.90. The molecule has 2 amide bonds. The van der Waals surface area contributed by atoms with Crippen LogP contribution in [0, 0.1) is 6.92 Å². The summed E-state index contributed by atoms with van der Waals surface area (Å²) >= 11 is 0. The first-order valence-electron chi connectivity index (χ1n) is 7.23. The molecule has 1 atom stereocenters. The van der Waals surface area contributed by atoms with E-state index in [4.69, 9.17) is 5.73 Å². The highest BCUT2D eigenvalue weighted by Gasteiger charge is 2.11. The summed E-state index contributed by atoms with van der Waals surface area (Å²) in [5.74, 6) is 0.364. The van der Waals surface area contributed by atoms with Crippen LogP contribution in [0.1, 0.15) is 57.1 Å². The van der Waals surface area contributed by atoms with Gasteiger partial charge < -0.3 is 11.1 Å². The highest BCUT2D eigenvalue weighted by Crippen LogP contribution is 2.21. The van der Waals surface area contributed by atoms with Crippen molar-refractivity contribution < 1.29 is 4.79 Å². The average Bonchev–Trinajstić information content (AvgIpc) is 2.42. The van der Waals surface area contributed by atoms with Crippen molar-refractivity contribution in [3.63, 3.8) is 0 Å². The summed E-state index contributed by atoms with van der Waals surface area (Å²) in [7, 11) is 0. The third-order valence-corrected chi connectivity index (χ3v) is 2.98. The maximum atomic E-state index is 10.8. The number of nitrogens with one attached hydrogen (secondary N) is 1. The summed E-state index contributed by atoms with van der Waals surface area (Å²) in [6.07, 6.45) is 3.41. The number of rotatable bonds is 6. The highest BCUT2D eigenvalue weighted by atomic mass is 16.2. The summed E-state index contributed by atoms with van der Waals surface area (Å²) in [6, 6.07) is 8.05. The van der Waals surface area contributed by atoms with Crippen LogP contribution in [-0.4, -0.2) is 12.6 Å². The largest absolute Gasteiger partial charge is 0.352 e. The summed E-state index contributed by atoms with van der Waals surface area (Å²) in [5, 5.41) is 2.71. The Kier molecular flexibility index (Phi) is 9.59. The Morgan fingerprint density at radius 3 is 2.32 bits per heavy atom. The summed E-state index contributed by atoms with van der Waals surface area (Å²) < 4.78 is 0. The fraction of sp³-hybridized carbons (Fsp3) is 0.562. The van der Waals surface area contributed by atoms with Gasteiger partial charge in [-0.3, -0.25) is 0 Å². The summed E-state index contributed by atoms with van der Waals surface area (Å²) in [4.78, 5) is 10.8. The minimum Gasteiger partial charge on any atom is -0.352 e. The van der Waals surface area contributed by atoms with Crippen molar-refractivity contribution in [1.82, 2.24) is 5.32 Å². The van der Waals surface area contributed by atoms with Crippen LogP contribution >= 0.6 is 0 Å². The molecule has 1 aromatic carbocycles. The molecule has 3 heteroatoms. The number of amides is 2. The zero-order valence-electron chi connectivity index (χ0n) is 12.7. The van der Waals surface area contributed by atoms with Crippen molar-refractivity contribution in [2.24, 2.45) is 5.73 Å². The molecule has 0 heterocycles. The number of hydrogen-bond donors (Lipinski definition) is 2. The van der Waals surface area contributed by atoms with Crippen LogP contribution < -0.4 is 11.1 Å². The number of unbranched alkanes of at least 4 members (excludes halogenated alkanes) is 1. The van der Waals surface area contributed by atoms with Gasteiger partial charge in [-0.15, -0.1) is 0 Å². The van der Waals surface area contributed by atoms with Gasteiger partial charge in [0.1, 0.15) is 0 Å². The first-order chi connectivity index (χ1) is 9.13. The van der Waals surface area contributed by atoms with Crippen molar-refractivity contribution in [3.8, 4) is 0 Å². The summed E-state index contributed by atoms with van der Waals surface area (Å²) in [6.45, 7) is 8.87. The maximum absolute atomic E-state index is 10.8. The Hall–Kier alpha value is -1.51. The van der Waals surface area contributed by atoms with Crippen molar-refractivity contribution in [2.75, 3.05) is 6.54 Å². The molecular weight excluding hydrogens is 236 g/mol. The van der Waals surface area contributed by atoms with Gasteiger partial charge in [0.05, 0.1) is 0 Å². The minimum absolute atomic E-state index is 0.364. The SMILES string of the molecule is CC.CCCCC(CNC(N)=O)c1ccc(C)cc1. The molecule has 1 aromatic rings. The first kappa shape index (κ1) is 17.5. The van der Waals surface area contributed by atoms with Crippen LogP contribution in [-0.2, 0) is 0 Å². The smallest absolute Gasteiger partial charge is 0.312 e. The molecule has 0 aliphatic rings. The van der Waals surface area contributed by atoms with Gasteiger partial charge in [0.2, 0.25) is 0 Å². The molecule has 3 N–H and O–H groups in total. The molecule has 0 aliphatic carbocycles. The van der Waals surface area contributed by atoms with E-state index in [2.05, 4.69) is 43.4 Å². The van der Waals surface area contributed by atoms with Crippen molar-refractivity contribution >= 4 is 6.03 Å². The van der Waals surface area contributed by atoms with Gasteiger partial charge in [0, 0.05) is 12.5 Å². The molecule has 0 aliphatic heterocycles. The zero-order valence-corrected chi connectivity index (χ0v) is 12.7. The first-order valence-corrected chi connectivity index (χ1v) is 7.23. The summed E-state index contributed by atoms with van der Waals surface area (Å²) in [5.41, 5.74) is 7.65. The predicted octanol–water partition coefficient (Wildman–Crippen LogP) is 3.96. The lowest BCUT2D eigenvalue weighted by atomic mass is 9.93. The van der Waals surface area contributed by atoms with Gasteiger partial charge in [-0.1, -0.05) is 63.4 Å². The molecule has 1 rings (SSSR count). The molecule has 0 fully saturated rings. The molecule has 108 valence electrons. The molecule has 0 spiro atoms. The van der Waals surface area contributed by atoms with Gasteiger partial charge in [-0.25, -0.2) is 4.79 Å². The standard InChI is InChI=1S/C14H22N2O.C2H6/c1-3-4-5-13(10-16-14(15)17)12-8-6-11(2)7-9-12;1-2/h6-9,13H,3-5,10H2,1-2H3,(H3,15,16,17);1-2H3. The van der Waals surface area contributed by atoms with Crippen LogP contribution in [0.4, 0.5) is 4.79 Å². The number of nitrogens with two attached hydrogens (primary N) is 1. The highest BCUT2D eigenvalue weighted by molar-refractivity contribution is 5.71. The molecule has 3 nitrogen and oxygen atoms in total. The average molecular weight is 264 g/mol. The Labute approximate surface area is 117 Å². The van der Waals surface area contributed by atoms with E-state index in [9.17, 15) is 4.79 Å². The normalized spacial score (nSPS) is 11.2. The van der Waals surface area contributed by atoms with Crippen molar-refractivity contribution in [1.29, 1.82) is 0 Å². The van der Waals surface area contributed by atoms with Gasteiger partial charge >= 0.3 is 6.03 Å². The van der Waals surface area contributed by atoms with Crippen molar-refractivity contribution in [2.45, 2.75) is 52.9 Å². The Bertz CT molecular complexity index is 346. The second-order valence-corrected chi connectivity index (χ2v) is 4.49. The lowest BCUT2D eigenvalue weighted by Gasteiger charge is -2.17. The molecular formula is C16H28N2O. The van der Waals surface area contributed by atoms with E-state index in [1.165, 1.54) is 24.0 Å². The lowest BCUT2D eigenvalue weighted by molar-refractivity contribution is 0.248. The fourth-order valence-corrected chi connectivity index (χ4v) is 1.90. The Morgan fingerprint density at radius 1 is 1.26 bits per heavy atom. The van der Waals surface area contributed by atoms with E-state index in [1.807, 2.05) is 13.8 Å². The number of carbonyl (C=O) groups excluding carboxylic acids is 1. The third-order valence-electron chi connectivity index (χ3n) is 2.98. The van der Waals surface area contributed by atoms with Crippen LogP contribution in [0.3, 0.4) is 0 Å². The Balaban J connectivity index is 0.00000154. The molecule has 0 radical (unpaired) electrons. The van der Waals surface area contributed by atoms with Gasteiger partial charge in [-0.05, 0) is 18.9 Å². The molecule has 1 unspecified atom stereocenters. The zero-order chi connectivity index (χ0) is 14.7. The third kappa shape index (κ3) is 7.50. The van der Waals surface area contributed by atoms with Crippen LogP contribution in [0.25, 0.3) is 0 Å². The number of urea groups is 1. The quantitative estimate of drug-likeness (QED) is 0.802. The van der Waals surface area contributed by atoms with E-state index in [1.54, 1.807) is 0 Å². The Morgan fingerprint density at radius 2 is 1.84 bits per heavy atom. The number of primary amides is 1. The van der Waals surface area contributed by atoms with E-state index < -0.39 is 6.03 Å². The number of hydrogen-bond acceptors (Lipinski definition) is 1. The van der Waals surface area contributed by atoms with Gasteiger partial charge in [0.15, 0.2) is 0 Å². The molecule has 0 saturated carbocycles. The van der Waals surface area contributed by atoms with Crippen LogP contribution in [0.15, 0.2) is 24.3 Å². The topological polar surface area (TPSA) is 55.1 Å². The van der Waals surface area contributed by atoms with Crippen LogP contribution in [0.5, 0.6) is 0 Å². The van der Waals surface area contributed by atoms with E-state index in [0.717, 1.165) is 6.42 Å². The predicted molar refractivity (Wildman–Crippen MR) is 82.4 cm³/mol.